The molecule has 0 spiro atoms. The fourth-order valence-corrected chi connectivity index (χ4v) is 5.82. The van der Waals surface area contributed by atoms with Crippen LogP contribution >= 0.6 is 23.4 Å². The molecule has 0 amide bonds. The number of aryl methyl sites for hydroxylation is 4. The Kier molecular flexibility index (Phi) is 8.52. The van der Waals surface area contributed by atoms with Crippen molar-refractivity contribution in [2.75, 3.05) is 14.2 Å². The zero-order chi connectivity index (χ0) is 27.6. The van der Waals surface area contributed by atoms with Crippen LogP contribution in [0.1, 0.15) is 46.6 Å². The molecule has 0 aliphatic carbocycles. The van der Waals surface area contributed by atoms with Gasteiger partial charge in [0, 0.05) is 70.6 Å². The molecule has 0 fully saturated rings. The van der Waals surface area contributed by atoms with Crippen LogP contribution in [0.5, 0.6) is 0 Å². The first-order valence-electron chi connectivity index (χ1n) is 12.3. The summed E-state index contributed by atoms with van der Waals surface area (Å²) in [7, 11) is 6.56. The summed E-state index contributed by atoms with van der Waals surface area (Å²) in [6.07, 6.45) is 1.05. The third-order valence-corrected chi connectivity index (χ3v) is 8.02. The molecule has 11 heteroatoms. The number of benzene rings is 1. The van der Waals surface area contributed by atoms with Crippen molar-refractivity contribution < 1.29 is 19.1 Å². The summed E-state index contributed by atoms with van der Waals surface area (Å²) in [4.78, 5) is 24.6. The Bertz CT molecular complexity index is 1500. The van der Waals surface area contributed by atoms with Crippen LogP contribution < -0.4 is 0 Å². The van der Waals surface area contributed by atoms with Gasteiger partial charge in [-0.2, -0.15) is 10.2 Å². The summed E-state index contributed by atoms with van der Waals surface area (Å²) >= 11 is 8.57. The van der Waals surface area contributed by atoms with Crippen molar-refractivity contribution in [1.29, 1.82) is 0 Å². The van der Waals surface area contributed by atoms with Crippen molar-refractivity contribution in [2.24, 2.45) is 14.1 Å². The van der Waals surface area contributed by atoms with Crippen LogP contribution in [-0.2, 0) is 52.8 Å². The van der Waals surface area contributed by atoms with Gasteiger partial charge >= 0.3 is 11.9 Å². The Morgan fingerprint density at radius 3 is 2.45 bits per heavy atom. The molecule has 0 bridgehead atoms. The summed E-state index contributed by atoms with van der Waals surface area (Å²) in [6.45, 7) is 4.39. The molecule has 0 unspecified atom stereocenters. The highest BCUT2D eigenvalue weighted by molar-refractivity contribution is 7.97. The van der Waals surface area contributed by atoms with Crippen molar-refractivity contribution >= 4 is 46.2 Å². The minimum Gasteiger partial charge on any atom is -0.469 e. The van der Waals surface area contributed by atoms with E-state index in [1.54, 1.807) is 22.4 Å². The average Bonchev–Trinajstić information content (AvgIpc) is 3.55. The number of thioether (sulfide) groups is 1. The van der Waals surface area contributed by atoms with E-state index in [1.165, 1.54) is 19.9 Å². The lowest BCUT2D eigenvalue weighted by molar-refractivity contribution is -0.140. The monoisotopic (exact) mass is 557 g/mol. The molecular weight excluding hydrogens is 526 g/mol. The fourth-order valence-electron chi connectivity index (χ4n) is 4.71. The SMILES string of the molecule is CCc1cc(CSCc2nn(C)c(C)c2-c2c(Cl)ccc3c2cc(C(=O)OC)n3CCC(=O)OC)nn1C. The van der Waals surface area contributed by atoms with E-state index in [4.69, 9.17) is 26.2 Å². The van der Waals surface area contributed by atoms with Crippen molar-refractivity contribution in [3.63, 3.8) is 0 Å². The highest BCUT2D eigenvalue weighted by Gasteiger charge is 2.24. The van der Waals surface area contributed by atoms with Crippen molar-refractivity contribution in [2.45, 2.75) is 44.7 Å². The van der Waals surface area contributed by atoms with Crippen LogP contribution in [0.15, 0.2) is 24.3 Å². The number of nitrogens with zero attached hydrogens (tertiary/aromatic N) is 5. The number of carbonyl (C=O) groups is 2. The Hall–Kier alpha value is -3.24. The lowest BCUT2D eigenvalue weighted by atomic mass is 9.99. The van der Waals surface area contributed by atoms with Crippen LogP contribution in [0.4, 0.5) is 0 Å². The largest absolute Gasteiger partial charge is 0.469 e. The standard InChI is InChI=1S/C27H32ClN5O4S/c1-7-18-12-17(29-32(18)4)14-38-15-21-25(16(2)31(3)30-21)26-19-13-23(27(35)37-6)33(11-10-24(34)36-5)22(19)9-8-20(26)28/h8-9,12-13H,7,10-11,14-15H2,1-6H3. The van der Waals surface area contributed by atoms with Crippen molar-refractivity contribution in [3.05, 3.63) is 57.8 Å². The number of methoxy groups -OCH3 is 2. The van der Waals surface area contributed by atoms with Crippen molar-refractivity contribution in [1.82, 2.24) is 24.1 Å². The normalized spacial score (nSPS) is 11.3. The maximum absolute atomic E-state index is 12.7. The minimum atomic E-state index is -0.492. The van der Waals surface area contributed by atoms with Crippen LogP contribution in [-0.4, -0.2) is 50.3 Å². The zero-order valence-electron chi connectivity index (χ0n) is 22.5. The molecule has 0 atom stereocenters. The van der Waals surface area contributed by atoms with Gasteiger partial charge in [0.25, 0.3) is 0 Å². The molecule has 0 aliphatic heterocycles. The van der Waals surface area contributed by atoms with Crippen molar-refractivity contribution in [3.8, 4) is 11.1 Å². The number of halogens is 1. The Morgan fingerprint density at radius 1 is 1.03 bits per heavy atom. The number of ether oxygens (including phenoxy) is 2. The molecule has 0 radical (unpaired) electrons. The van der Waals surface area contributed by atoms with Crippen LogP contribution in [0.25, 0.3) is 22.0 Å². The van der Waals surface area contributed by atoms with E-state index >= 15 is 0 Å². The predicted molar refractivity (Wildman–Crippen MR) is 149 cm³/mol. The van der Waals surface area contributed by atoms with E-state index in [9.17, 15) is 9.59 Å². The first-order chi connectivity index (χ1) is 18.2. The highest BCUT2D eigenvalue weighted by Crippen LogP contribution is 2.41. The second-order valence-corrected chi connectivity index (χ2v) is 10.4. The van der Waals surface area contributed by atoms with E-state index in [2.05, 4.69) is 18.1 Å². The molecule has 3 heterocycles. The summed E-state index contributed by atoms with van der Waals surface area (Å²) in [6, 6.07) is 7.60. The molecule has 4 aromatic rings. The molecule has 202 valence electrons. The van der Waals surface area contributed by atoms with Gasteiger partial charge in [-0.25, -0.2) is 4.79 Å². The summed E-state index contributed by atoms with van der Waals surface area (Å²) in [5, 5.41) is 10.8. The third-order valence-electron chi connectivity index (χ3n) is 6.73. The first kappa shape index (κ1) is 27.8. The minimum absolute atomic E-state index is 0.114. The number of carbonyl (C=O) groups excluding carboxylic acids is 2. The van der Waals surface area contributed by atoms with Gasteiger partial charge in [-0.1, -0.05) is 18.5 Å². The van der Waals surface area contributed by atoms with E-state index < -0.39 is 5.97 Å². The Balaban J connectivity index is 1.76. The predicted octanol–water partition coefficient (Wildman–Crippen LogP) is 5.08. The molecular formula is C27H32ClN5O4S. The molecule has 1 aromatic carbocycles. The Morgan fingerprint density at radius 2 is 1.79 bits per heavy atom. The number of hydrogen-bond donors (Lipinski definition) is 0. The molecule has 0 N–H and O–H groups in total. The molecule has 0 saturated heterocycles. The second kappa shape index (κ2) is 11.7. The van der Waals surface area contributed by atoms with Gasteiger partial charge in [-0.3, -0.25) is 14.2 Å². The maximum Gasteiger partial charge on any atom is 0.354 e. The van der Waals surface area contributed by atoms with Gasteiger partial charge < -0.3 is 14.0 Å². The lowest BCUT2D eigenvalue weighted by Gasteiger charge is -2.11. The van der Waals surface area contributed by atoms with E-state index in [0.717, 1.165) is 51.3 Å². The molecule has 38 heavy (non-hydrogen) atoms. The van der Waals surface area contributed by atoms with Gasteiger partial charge in [0.1, 0.15) is 5.69 Å². The van der Waals surface area contributed by atoms with E-state index in [0.29, 0.717) is 16.5 Å². The van der Waals surface area contributed by atoms with Crippen LogP contribution in [0.2, 0.25) is 5.02 Å². The maximum atomic E-state index is 12.7. The smallest absolute Gasteiger partial charge is 0.354 e. The summed E-state index contributed by atoms with van der Waals surface area (Å²) in [5.41, 5.74) is 6.96. The van der Waals surface area contributed by atoms with Gasteiger partial charge in [-0.15, -0.1) is 11.8 Å². The molecule has 9 nitrogen and oxygen atoms in total. The fraction of sp³-hybridized carbons (Fsp3) is 0.407. The number of fused-ring (bicyclic) bond motifs is 1. The summed E-state index contributed by atoms with van der Waals surface area (Å²) < 4.78 is 15.4. The Labute approximate surface area is 231 Å². The zero-order valence-corrected chi connectivity index (χ0v) is 24.1. The molecule has 0 saturated carbocycles. The average molecular weight is 558 g/mol. The van der Waals surface area contributed by atoms with Crippen LogP contribution in [0, 0.1) is 6.92 Å². The quantitative estimate of drug-likeness (QED) is 0.251. The molecule has 0 aliphatic rings. The van der Waals surface area contributed by atoms with E-state index in [1.807, 2.05) is 42.5 Å². The van der Waals surface area contributed by atoms with Gasteiger partial charge in [0.05, 0.1) is 32.0 Å². The number of hydrogen-bond acceptors (Lipinski definition) is 7. The van der Waals surface area contributed by atoms with E-state index in [-0.39, 0.29) is 18.9 Å². The first-order valence-corrected chi connectivity index (χ1v) is 13.8. The number of esters is 2. The second-order valence-electron chi connectivity index (χ2n) is 8.98. The topological polar surface area (TPSA) is 93.2 Å². The lowest BCUT2D eigenvalue weighted by Crippen LogP contribution is -2.13. The van der Waals surface area contributed by atoms with Crippen LogP contribution in [0.3, 0.4) is 0 Å². The number of aromatic nitrogens is 5. The van der Waals surface area contributed by atoms with Gasteiger partial charge in [0.15, 0.2) is 0 Å². The number of rotatable bonds is 10. The van der Waals surface area contributed by atoms with Gasteiger partial charge in [0.2, 0.25) is 0 Å². The third kappa shape index (κ3) is 5.33. The summed E-state index contributed by atoms with van der Waals surface area (Å²) in [5.74, 6) is 0.568. The van der Waals surface area contributed by atoms with Gasteiger partial charge in [-0.05, 0) is 37.6 Å². The highest BCUT2D eigenvalue weighted by atomic mass is 35.5. The molecule has 4 rings (SSSR count). The molecule has 3 aromatic heterocycles.